The van der Waals surface area contributed by atoms with Gasteiger partial charge in [-0.05, 0) is 25.8 Å². The van der Waals surface area contributed by atoms with E-state index in [9.17, 15) is 0 Å². The summed E-state index contributed by atoms with van der Waals surface area (Å²) < 4.78 is 0. The van der Waals surface area contributed by atoms with Gasteiger partial charge in [0.15, 0.2) is 0 Å². The molecule has 2 aliphatic rings. The molecule has 2 rings (SSSR count). The largest absolute Gasteiger partial charge is 0.513 e. The summed E-state index contributed by atoms with van der Waals surface area (Å²) in [5.41, 5.74) is 0. The van der Waals surface area contributed by atoms with Gasteiger partial charge in [-0.1, -0.05) is 25.8 Å². The van der Waals surface area contributed by atoms with Crippen molar-refractivity contribution in [3.05, 3.63) is 12.3 Å². The zero-order chi connectivity index (χ0) is 9.84. The summed E-state index contributed by atoms with van der Waals surface area (Å²) in [5.74, 6) is 2.38. The van der Waals surface area contributed by atoms with E-state index >= 15 is 0 Å². The van der Waals surface area contributed by atoms with E-state index in [0.717, 1.165) is 11.8 Å². The molecular formula is C11H23NO. The lowest BCUT2D eigenvalue weighted by Gasteiger charge is -2.45. The van der Waals surface area contributed by atoms with Gasteiger partial charge in [0.05, 0.1) is 5.76 Å². The fraction of sp³-hybridized carbons (Fsp3) is 0.818. The second-order valence-corrected chi connectivity index (χ2v) is 4.41. The summed E-state index contributed by atoms with van der Waals surface area (Å²) in [5, 5.41) is 7.86. The van der Waals surface area contributed by atoms with Gasteiger partial charge in [0, 0.05) is 14.5 Å². The monoisotopic (exact) mass is 185 g/mol. The maximum atomic E-state index is 7.86. The van der Waals surface area contributed by atoms with Crippen LogP contribution >= 0.6 is 0 Å². The average molecular weight is 185 g/mol. The summed E-state index contributed by atoms with van der Waals surface area (Å²) >= 11 is 0. The lowest BCUT2D eigenvalue weighted by Crippen LogP contribution is -2.48. The first-order chi connectivity index (χ1) is 6.09. The summed E-state index contributed by atoms with van der Waals surface area (Å²) in [6.07, 6.45) is 4.56. The first-order valence-corrected chi connectivity index (χ1v) is 5.12. The Labute approximate surface area is 82.7 Å². The molecule has 2 heteroatoms. The third-order valence-corrected chi connectivity index (χ3v) is 2.91. The van der Waals surface area contributed by atoms with Crippen molar-refractivity contribution in [1.29, 1.82) is 0 Å². The molecule has 0 aromatic carbocycles. The first-order valence-electron chi connectivity index (χ1n) is 5.12. The molecule has 0 aromatic rings. The minimum atomic E-state index is 0. The Morgan fingerprint density at radius 2 is 1.85 bits per heavy atom. The van der Waals surface area contributed by atoms with Gasteiger partial charge in [-0.25, -0.2) is 0 Å². The highest BCUT2D eigenvalue weighted by atomic mass is 16.3. The molecule has 1 N–H and O–H groups in total. The molecule has 2 fully saturated rings. The van der Waals surface area contributed by atoms with Crippen LogP contribution in [0.25, 0.3) is 0 Å². The Hall–Kier alpha value is -0.500. The van der Waals surface area contributed by atoms with Crippen LogP contribution in [0, 0.1) is 11.8 Å². The quantitative estimate of drug-likeness (QED) is 0.635. The number of aliphatic hydroxyl groups is 1. The van der Waals surface area contributed by atoms with Gasteiger partial charge in [-0.15, -0.1) is 0 Å². The second kappa shape index (κ2) is 4.66. The van der Waals surface area contributed by atoms with Crippen LogP contribution in [-0.2, 0) is 0 Å². The van der Waals surface area contributed by atoms with Crippen molar-refractivity contribution < 1.29 is 6.53 Å². The molecular weight excluding hydrogens is 162 g/mol. The Morgan fingerprint density at radius 3 is 2.08 bits per heavy atom. The lowest BCUT2D eigenvalue weighted by molar-refractivity contribution is 0.0466. The fourth-order valence-corrected chi connectivity index (χ4v) is 1.96. The van der Waals surface area contributed by atoms with Crippen molar-refractivity contribution in [1.82, 2.24) is 4.90 Å². The molecule has 1 aliphatic carbocycles. The standard InChI is InChI=1S/C8H15N.C3H6O.H2/c1-9-5-8(6-9)7-3-2-4-7;1-3(2)4;/h7-8H,2-6H2,1H3;4H,1H2,2H3;1H. The molecule has 78 valence electrons. The van der Waals surface area contributed by atoms with Crippen LogP contribution in [0.1, 0.15) is 27.6 Å². The second-order valence-electron chi connectivity index (χ2n) is 4.41. The van der Waals surface area contributed by atoms with Crippen molar-refractivity contribution in [2.45, 2.75) is 26.2 Å². The van der Waals surface area contributed by atoms with E-state index in [4.69, 9.17) is 5.11 Å². The smallest absolute Gasteiger partial charge is 0.0820 e. The molecule has 0 radical (unpaired) electrons. The van der Waals surface area contributed by atoms with Gasteiger partial charge < -0.3 is 10.0 Å². The average Bonchev–Trinajstić information content (AvgIpc) is 1.78. The summed E-state index contributed by atoms with van der Waals surface area (Å²) in [6, 6.07) is 0. The van der Waals surface area contributed by atoms with Crippen LogP contribution in [0.4, 0.5) is 0 Å². The van der Waals surface area contributed by atoms with E-state index in [1.165, 1.54) is 39.3 Å². The topological polar surface area (TPSA) is 23.5 Å². The molecule has 1 heterocycles. The number of aliphatic hydroxyl groups excluding tert-OH is 1. The van der Waals surface area contributed by atoms with Crippen molar-refractivity contribution in [2.75, 3.05) is 20.1 Å². The predicted molar refractivity (Wildman–Crippen MR) is 57.9 cm³/mol. The molecule has 1 saturated heterocycles. The van der Waals surface area contributed by atoms with Crippen molar-refractivity contribution in [3.63, 3.8) is 0 Å². The van der Waals surface area contributed by atoms with Crippen LogP contribution in [0.2, 0.25) is 0 Å². The van der Waals surface area contributed by atoms with Crippen LogP contribution in [-0.4, -0.2) is 30.1 Å². The Balaban J connectivity index is 0.000000299. The van der Waals surface area contributed by atoms with Crippen molar-refractivity contribution in [3.8, 4) is 0 Å². The van der Waals surface area contributed by atoms with E-state index < -0.39 is 0 Å². The highest BCUT2D eigenvalue weighted by molar-refractivity contribution is 4.86. The van der Waals surface area contributed by atoms with Crippen molar-refractivity contribution in [2.24, 2.45) is 11.8 Å². The molecule has 0 unspecified atom stereocenters. The first kappa shape index (κ1) is 10.6. The number of hydrogen-bond acceptors (Lipinski definition) is 2. The molecule has 13 heavy (non-hydrogen) atoms. The van der Waals surface area contributed by atoms with Gasteiger partial charge in [0.2, 0.25) is 0 Å². The molecule has 1 saturated carbocycles. The Bertz CT molecular complexity index is 170. The minimum Gasteiger partial charge on any atom is -0.513 e. The highest BCUT2D eigenvalue weighted by Gasteiger charge is 2.33. The normalized spacial score (nSPS) is 23.8. The van der Waals surface area contributed by atoms with Gasteiger partial charge in [-0.2, -0.15) is 0 Å². The summed E-state index contributed by atoms with van der Waals surface area (Å²) in [4.78, 5) is 2.42. The Morgan fingerprint density at radius 1 is 1.38 bits per heavy atom. The number of likely N-dealkylation sites (tertiary alicyclic amines) is 1. The van der Waals surface area contributed by atoms with Gasteiger partial charge in [0.25, 0.3) is 0 Å². The van der Waals surface area contributed by atoms with Crippen LogP contribution < -0.4 is 0 Å². The molecule has 0 spiro atoms. The number of allylic oxidation sites excluding steroid dienone is 1. The fourth-order valence-electron chi connectivity index (χ4n) is 1.96. The summed E-state index contributed by atoms with van der Waals surface area (Å²) in [6.45, 7) is 7.40. The molecule has 2 nitrogen and oxygen atoms in total. The van der Waals surface area contributed by atoms with E-state index in [1.54, 1.807) is 0 Å². The zero-order valence-electron chi connectivity index (χ0n) is 8.79. The SMILES string of the molecule is C=C(C)O.CN1CC(C2CCC2)C1.[HH]. The third kappa shape index (κ3) is 3.39. The molecule has 0 amide bonds. The highest BCUT2D eigenvalue weighted by Crippen LogP contribution is 2.37. The minimum absolute atomic E-state index is 0. The van der Waals surface area contributed by atoms with Gasteiger partial charge >= 0.3 is 0 Å². The van der Waals surface area contributed by atoms with Crippen LogP contribution in [0.15, 0.2) is 12.3 Å². The lowest BCUT2D eigenvalue weighted by atomic mass is 9.73. The maximum Gasteiger partial charge on any atom is 0.0820 e. The van der Waals surface area contributed by atoms with Crippen molar-refractivity contribution >= 4 is 0 Å². The van der Waals surface area contributed by atoms with E-state index in [1.807, 2.05) is 0 Å². The molecule has 0 atom stereocenters. The zero-order valence-corrected chi connectivity index (χ0v) is 8.79. The van der Waals surface area contributed by atoms with Crippen LogP contribution in [0.5, 0.6) is 0 Å². The number of rotatable bonds is 1. The third-order valence-electron chi connectivity index (χ3n) is 2.91. The Kier molecular flexibility index (Phi) is 3.79. The predicted octanol–water partition coefficient (Wildman–Crippen LogP) is 2.67. The molecule has 0 aromatic heterocycles. The molecule has 0 bridgehead atoms. The van der Waals surface area contributed by atoms with Gasteiger partial charge in [-0.3, -0.25) is 0 Å². The summed E-state index contributed by atoms with van der Waals surface area (Å²) in [7, 11) is 2.22. The number of nitrogens with zero attached hydrogens (tertiary/aromatic N) is 1. The molecule has 1 aliphatic heterocycles. The van der Waals surface area contributed by atoms with E-state index in [2.05, 4.69) is 18.5 Å². The van der Waals surface area contributed by atoms with Crippen LogP contribution in [0.3, 0.4) is 0 Å². The van der Waals surface area contributed by atoms with Gasteiger partial charge in [0.1, 0.15) is 0 Å². The van der Waals surface area contributed by atoms with E-state index in [-0.39, 0.29) is 7.19 Å². The van der Waals surface area contributed by atoms with E-state index in [0.29, 0.717) is 0 Å². The number of hydrogen-bond donors (Lipinski definition) is 1. The maximum absolute atomic E-state index is 7.86.